The van der Waals surface area contributed by atoms with Crippen LogP contribution in [0.15, 0.2) is 28.9 Å². The number of aromatic amines is 1. The summed E-state index contributed by atoms with van der Waals surface area (Å²) in [5.41, 5.74) is 0.990. The summed E-state index contributed by atoms with van der Waals surface area (Å²) >= 11 is 5.72. The molecule has 8 heteroatoms. The van der Waals surface area contributed by atoms with E-state index in [-0.39, 0.29) is 28.9 Å². The van der Waals surface area contributed by atoms with Crippen molar-refractivity contribution in [1.29, 1.82) is 5.26 Å². The van der Waals surface area contributed by atoms with E-state index < -0.39 is 5.82 Å². The molecule has 0 bridgehead atoms. The largest absolute Gasteiger partial charge is 0.334 e. The Morgan fingerprint density at radius 1 is 1.43 bits per heavy atom. The van der Waals surface area contributed by atoms with Crippen LogP contribution in [0.1, 0.15) is 17.1 Å². The van der Waals surface area contributed by atoms with Gasteiger partial charge >= 0.3 is 0 Å². The SMILES string of the molecule is N#Cc1[nH]ncc1-c1nc(Cc2cccc(Cl)c2F)no1. The molecule has 1 aromatic carbocycles. The molecule has 0 atom stereocenters. The van der Waals surface area contributed by atoms with E-state index in [4.69, 9.17) is 21.4 Å². The molecule has 3 aromatic rings. The van der Waals surface area contributed by atoms with Crippen LogP contribution in [0.4, 0.5) is 4.39 Å². The van der Waals surface area contributed by atoms with Gasteiger partial charge in [-0.3, -0.25) is 5.10 Å². The zero-order chi connectivity index (χ0) is 14.8. The fourth-order valence-electron chi connectivity index (χ4n) is 1.82. The van der Waals surface area contributed by atoms with E-state index in [9.17, 15) is 4.39 Å². The van der Waals surface area contributed by atoms with Gasteiger partial charge in [-0.25, -0.2) is 4.39 Å². The van der Waals surface area contributed by atoms with Gasteiger partial charge in [0.2, 0.25) is 0 Å². The smallest absolute Gasteiger partial charge is 0.262 e. The van der Waals surface area contributed by atoms with Gasteiger partial charge in [-0.15, -0.1) is 0 Å². The number of nitrogens with zero attached hydrogens (tertiary/aromatic N) is 4. The number of halogens is 2. The summed E-state index contributed by atoms with van der Waals surface area (Å²) in [5.74, 6) is -0.0689. The van der Waals surface area contributed by atoms with Gasteiger partial charge in [-0.1, -0.05) is 28.9 Å². The van der Waals surface area contributed by atoms with Gasteiger partial charge in [-0.2, -0.15) is 15.3 Å². The third-order valence-electron chi connectivity index (χ3n) is 2.83. The topological polar surface area (TPSA) is 91.4 Å². The summed E-state index contributed by atoms with van der Waals surface area (Å²) < 4.78 is 18.9. The number of rotatable bonds is 3. The van der Waals surface area contributed by atoms with Crippen LogP contribution in [0, 0.1) is 17.1 Å². The fraction of sp³-hybridized carbons (Fsp3) is 0.0769. The number of nitrogens with one attached hydrogen (secondary N) is 1. The third kappa shape index (κ3) is 2.49. The summed E-state index contributed by atoms with van der Waals surface area (Å²) in [6.45, 7) is 0. The van der Waals surface area contributed by atoms with Crippen LogP contribution in [-0.4, -0.2) is 20.3 Å². The molecule has 0 aliphatic rings. The van der Waals surface area contributed by atoms with Crippen LogP contribution in [0.2, 0.25) is 5.02 Å². The molecule has 0 aliphatic heterocycles. The van der Waals surface area contributed by atoms with Crippen LogP contribution >= 0.6 is 11.6 Å². The number of benzene rings is 1. The van der Waals surface area contributed by atoms with Crippen LogP contribution in [-0.2, 0) is 6.42 Å². The molecule has 6 nitrogen and oxygen atoms in total. The first-order valence-electron chi connectivity index (χ1n) is 5.88. The van der Waals surface area contributed by atoms with Crippen molar-refractivity contribution in [3.05, 3.63) is 52.3 Å². The van der Waals surface area contributed by atoms with E-state index in [2.05, 4.69) is 20.3 Å². The minimum absolute atomic E-state index is 0.0396. The quantitative estimate of drug-likeness (QED) is 0.803. The molecule has 0 saturated heterocycles. The molecule has 0 radical (unpaired) electrons. The Morgan fingerprint density at radius 2 is 2.29 bits per heavy atom. The van der Waals surface area contributed by atoms with Gasteiger partial charge in [0.15, 0.2) is 5.82 Å². The molecule has 1 N–H and O–H groups in total. The number of hydrogen-bond donors (Lipinski definition) is 1. The monoisotopic (exact) mass is 303 g/mol. The van der Waals surface area contributed by atoms with Gasteiger partial charge in [0.05, 0.1) is 16.8 Å². The first-order chi connectivity index (χ1) is 10.2. The number of H-pyrrole nitrogens is 1. The highest BCUT2D eigenvalue weighted by molar-refractivity contribution is 6.30. The molecule has 0 amide bonds. The normalized spacial score (nSPS) is 10.5. The van der Waals surface area contributed by atoms with E-state index in [1.165, 1.54) is 12.3 Å². The second-order valence-corrected chi connectivity index (χ2v) is 4.58. The standard InChI is InChI=1S/C13H7ClFN5O/c14-9-3-1-2-7(12(9)15)4-11-18-13(21-20-11)8-6-17-19-10(8)5-16/h1-3,6H,4H2,(H,17,19). The van der Waals surface area contributed by atoms with Crippen LogP contribution in [0.25, 0.3) is 11.5 Å². The Labute approximate surface area is 123 Å². The molecule has 2 aromatic heterocycles. The van der Waals surface area contributed by atoms with Gasteiger partial charge in [0.25, 0.3) is 5.89 Å². The molecule has 2 heterocycles. The average molecular weight is 304 g/mol. The van der Waals surface area contributed by atoms with Crippen molar-refractivity contribution in [1.82, 2.24) is 20.3 Å². The Bertz CT molecular complexity index is 835. The third-order valence-corrected chi connectivity index (χ3v) is 3.12. The lowest BCUT2D eigenvalue weighted by molar-refractivity contribution is 0.423. The molecule has 0 fully saturated rings. The van der Waals surface area contributed by atoms with Gasteiger partial charge in [-0.05, 0) is 11.6 Å². The van der Waals surface area contributed by atoms with Crippen molar-refractivity contribution >= 4 is 11.6 Å². The van der Waals surface area contributed by atoms with Crippen LogP contribution in [0.5, 0.6) is 0 Å². The minimum Gasteiger partial charge on any atom is -0.334 e. The highest BCUT2D eigenvalue weighted by atomic mass is 35.5. The second kappa shape index (κ2) is 5.34. The fourth-order valence-corrected chi connectivity index (χ4v) is 2.02. The number of nitriles is 1. The van der Waals surface area contributed by atoms with E-state index in [1.54, 1.807) is 12.1 Å². The van der Waals surface area contributed by atoms with Crippen molar-refractivity contribution in [2.24, 2.45) is 0 Å². The molecular formula is C13H7ClFN5O. The first-order valence-corrected chi connectivity index (χ1v) is 6.26. The van der Waals surface area contributed by atoms with Crippen molar-refractivity contribution in [3.8, 4) is 17.5 Å². The Kier molecular flexibility index (Phi) is 3.38. The number of hydrogen-bond acceptors (Lipinski definition) is 5. The van der Waals surface area contributed by atoms with Crippen molar-refractivity contribution in [2.45, 2.75) is 6.42 Å². The Balaban J connectivity index is 1.89. The lowest BCUT2D eigenvalue weighted by Gasteiger charge is -2.00. The molecular weight excluding hydrogens is 297 g/mol. The minimum atomic E-state index is -0.508. The lowest BCUT2D eigenvalue weighted by Crippen LogP contribution is -1.95. The summed E-state index contributed by atoms with van der Waals surface area (Å²) in [4.78, 5) is 4.13. The number of aromatic nitrogens is 4. The van der Waals surface area contributed by atoms with Crippen molar-refractivity contribution in [2.75, 3.05) is 0 Å². The predicted octanol–water partition coefficient (Wildman–Crippen LogP) is 2.71. The maximum atomic E-state index is 13.8. The zero-order valence-corrected chi connectivity index (χ0v) is 11.2. The van der Waals surface area contributed by atoms with E-state index >= 15 is 0 Å². The summed E-state index contributed by atoms with van der Waals surface area (Å²) in [6.07, 6.45) is 1.55. The highest BCUT2D eigenvalue weighted by Gasteiger charge is 2.16. The molecule has 0 saturated carbocycles. The van der Waals surface area contributed by atoms with E-state index in [1.807, 2.05) is 6.07 Å². The molecule has 0 unspecified atom stereocenters. The lowest BCUT2D eigenvalue weighted by atomic mass is 10.1. The first kappa shape index (κ1) is 13.3. The van der Waals surface area contributed by atoms with Crippen molar-refractivity contribution in [3.63, 3.8) is 0 Å². The van der Waals surface area contributed by atoms with Crippen LogP contribution in [0.3, 0.4) is 0 Å². The molecule has 0 spiro atoms. The Morgan fingerprint density at radius 3 is 3.10 bits per heavy atom. The van der Waals surface area contributed by atoms with Crippen LogP contribution < -0.4 is 0 Å². The maximum Gasteiger partial charge on any atom is 0.262 e. The molecule has 0 aliphatic carbocycles. The second-order valence-electron chi connectivity index (χ2n) is 4.18. The maximum absolute atomic E-state index is 13.8. The van der Waals surface area contributed by atoms with Gasteiger partial charge in [0, 0.05) is 6.42 Å². The van der Waals surface area contributed by atoms with Gasteiger partial charge in [0.1, 0.15) is 17.6 Å². The molecule has 21 heavy (non-hydrogen) atoms. The zero-order valence-electron chi connectivity index (χ0n) is 10.5. The summed E-state index contributed by atoms with van der Waals surface area (Å²) in [5, 5.41) is 19.0. The molecule has 3 rings (SSSR count). The van der Waals surface area contributed by atoms with Gasteiger partial charge < -0.3 is 4.52 Å². The average Bonchev–Trinajstić information content (AvgIpc) is 3.12. The highest BCUT2D eigenvalue weighted by Crippen LogP contribution is 2.22. The van der Waals surface area contributed by atoms with Crippen molar-refractivity contribution < 1.29 is 8.91 Å². The molecule has 104 valence electrons. The Hall–Kier alpha value is -2.72. The summed E-state index contributed by atoms with van der Waals surface area (Å²) in [7, 11) is 0. The predicted molar refractivity (Wildman–Crippen MR) is 70.8 cm³/mol. The van der Waals surface area contributed by atoms with E-state index in [0.29, 0.717) is 11.1 Å². The summed E-state index contributed by atoms with van der Waals surface area (Å²) in [6, 6.07) is 6.63. The van der Waals surface area contributed by atoms with E-state index in [0.717, 1.165) is 0 Å².